The van der Waals surface area contributed by atoms with Crippen molar-refractivity contribution in [2.45, 2.75) is 19.8 Å². The lowest BCUT2D eigenvalue weighted by atomic mass is 9.96. The highest BCUT2D eigenvalue weighted by molar-refractivity contribution is 6.30. The van der Waals surface area contributed by atoms with Crippen LogP contribution in [0.25, 0.3) is 6.08 Å². The fraction of sp³-hybridized carbons (Fsp3) is 0.320. The number of carbonyl (C=O) groups is 3. The van der Waals surface area contributed by atoms with Gasteiger partial charge in [-0.1, -0.05) is 23.7 Å². The van der Waals surface area contributed by atoms with Gasteiger partial charge in [0.15, 0.2) is 0 Å². The molecule has 0 unspecified atom stereocenters. The Kier molecular flexibility index (Phi) is 8.89. The van der Waals surface area contributed by atoms with E-state index in [1.54, 1.807) is 55.5 Å². The Balaban J connectivity index is 1.40. The minimum atomic E-state index is -0.778. The lowest BCUT2D eigenvalue weighted by Gasteiger charge is -2.31. The molecular formula is C25H27ClN2O5. The van der Waals surface area contributed by atoms with Crippen molar-refractivity contribution < 1.29 is 23.9 Å². The van der Waals surface area contributed by atoms with Gasteiger partial charge in [-0.15, -0.1) is 0 Å². The zero-order valence-electron chi connectivity index (χ0n) is 18.5. The van der Waals surface area contributed by atoms with Crippen molar-refractivity contribution in [3.63, 3.8) is 0 Å². The van der Waals surface area contributed by atoms with Crippen LogP contribution < -0.4 is 10.1 Å². The predicted octanol–water partition coefficient (Wildman–Crippen LogP) is 4.56. The Labute approximate surface area is 198 Å². The second-order valence-corrected chi connectivity index (χ2v) is 8.11. The number of nitrogens with one attached hydrogen (secondary N) is 1. The SMILES string of the molecule is CCOC(=O)Oc1ccc(C(=O)NCC2CCN(C(=O)/C=C/c3cccc(Cl)c3)CC2)cc1. The van der Waals surface area contributed by atoms with Gasteiger partial charge in [0.1, 0.15) is 5.75 Å². The van der Waals surface area contributed by atoms with Crippen LogP contribution in [-0.2, 0) is 9.53 Å². The number of piperidine rings is 1. The molecule has 1 heterocycles. The van der Waals surface area contributed by atoms with Crippen molar-refractivity contribution in [1.82, 2.24) is 10.2 Å². The highest BCUT2D eigenvalue weighted by atomic mass is 35.5. The van der Waals surface area contributed by atoms with E-state index in [1.807, 2.05) is 17.0 Å². The smallest absolute Gasteiger partial charge is 0.434 e. The Morgan fingerprint density at radius 2 is 1.85 bits per heavy atom. The Bertz CT molecular complexity index is 998. The molecule has 2 aromatic rings. The van der Waals surface area contributed by atoms with Gasteiger partial charge in [-0.2, -0.15) is 0 Å². The summed E-state index contributed by atoms with van der Waals surface area (Å²) in [6.07, 6.45) is 4.21. The van der Waals surface area contributed by atoms with Crippen LogP contribution in [-0.4, -0.2) is 49.1 Å². The van der Waals surface area contributed by atoms with E-state index < -0.39 is 6.16 Å². The number of halogens is 1. The average Bonchev–Trinajstić information content (AvgIpc) is 2.82. The fourth-order valence-electron chi connectivity index (χ4n) is 3.50. The van der Waals surface area contributed by atoms with Gasteiger partial charge in [-0.3, -0.25) is 9.59 Å². The van der Waals surface area contributed by atoms with Crippen LogP contribution in [0.3, 0.4) is 0 Å². The molecule has 0 radical (unpaired) electrons. The Morgan fingerprint density at radius 1 is 1.12 bits per heavy atom. The number of benzene rings is 2. The molecule has 0 atom stereocenters. The van der Waals surface area contributed by atoms with Gasteiger partial charge in [0.2, 0.25) is 5.91 Å². The largest absolute Gasteiger partial charge is 0.513 e. The summed E-state index contributed by atoms with van der Waals surface area (Å²) in [4.78, 5) is 38.0. The summed E-state index contributed by atoms with van der Waals surface area (Å²) >= 11 is 5.97. The number of hydrogen-bond acceptors (Lipinski definition) is 5. The summed E-state index contributed by atoms with van der Waals surface area (Å²) in [5.74, 6) is 0.399. The van der Waals surface area contributed by atoms with Crippen molar-refractivity contribution in [3.05, 3.63) is 70.8 Å². The quantitative estimate of drug-likeness (QED) is 0.364. The predicted molar refractivity (Wildman–Crippen MR) is 126 cm³/mol. The van der Waals surface area contributed by atoms with Gasteiger partial charge in [-0.25, -0.2) is 4.79 Å². The highest BCUT2D eigenvalue weighted by Crippen LogP contribution is 2.18. The molecule has 0 aliphatic carbocycles. The molecular weight excluding hydrogens is 444 g/mol. The van der Waals surface area contributed by atoms with Crippen molar-refractivity contribution in [2.24, 2.45) is 5.92 Å². The molecule has 7 nitrogen and oxygen atoms in total. The van der Waals surface area contributed by atoms with Crippen LogP contribution >= 0.6 is 11.6 Å². The average molecular weight is 471 g/mol. The van der Waals surface area contributed by atoms with Crippen LogP contribution in [0.15, 0.2) is 54.6 Å². The molecule has 3 rings (SSSR count). The lowest BCUT2D eigenvalue weighted by molar-refractivity contribution is -0.127. The van der Waals surface area contributed by atoms with Gasteiger partial charge < -0.3 is 19.7 Å². The molecule has 0 bridgehead atoms. The number of likely N-dealkylation sites (tertiary alicyclic amines) is 1. The molecule has 0 saturated carbocycles. The molecule has 1 N–H and O–H groups in total. The normalized spacial score (nSPS) is 14.2. The number of rotatable bonds is 7. The van der Waals surface area contributed by atoms with E-state index >= 15 is 0 Å². The van der Waals surface area contributed by atoms with Crippen molar-refractivity contribution in [2.75, 3.05) is 26.2 Å². The van der Waals surface area contributed by atoms with E-state index in [0.29, 0.717) is 41.9 Å². The standard InChI is InChI=1S/C25H27ClN2O5/c1-2-32-25(31)33-22-9-7-20(8-10-22)24(30)27-17-19-12-14-28(15-13-19)23(29)11-6-18-4-3-5-21(26)16-18/h3-11,16,19H,2,12-15,17H2,1H3,(H,27,30)/b11-6+. The molecule has 2 amide bonds. The van der Waals surface area contributed by atoms with Gasteiger partial charge >= 0.3 is 6.16 Å². The maximum Gasteiger partial charge on any atom is 0.513 e. The molecule has 2 aromatic carbocycles. The van der Waals surface area contributed by atoms with Gasteiger partial charge in [0.05, 0.1) is 6.61 Å². The van der Waals surface area contributed by atoms with E-state index in [9.17, 15) is 14.4 Å². The maximum absolute atomic E-state index is 12.4. The zero-order valence-corrected chi connectivity index (χ0v) is 19.2. The monoisotopic (exact) mass is 470 g/mol. The van der Waals surface area contributed by atoms with Crippen molar-refractivity contribution in [3.8, 4) is 5.75 Å². The molecule has 1 aliphatic heterocycles. The number of carbonyl (C=O) groups excluding carboxylic acids is 3. The molecule has 8 heteroatoms. The van der Waals surface area contributed by atoms with E-state index in [1.165, 1.54) is 0 Å². The van der Waals surface area contributed by atoms with Gasteiger partial charge in [0.25, 0.3) is 5.91 Å². The zero-order chi connectivity index (χ0) is 23.6. The third-order valence-corrected chi connectivity index (χ3v) is 5.56. The molecule has 1 fully saturated rings. The molecule has 174 valence electrons. The lowest BCUT2D eigenvalue weighted by Crippen LogP contribution is -2.40. The molecule has 0 spiro atoms. The highest BCUT2D eigenvalue weighted by Gasteiger charge is 2.22. The minimum absolute atomic E-state index is 0.0254. The van der Waals surface area contributed by atoms with Crippen LogP contribution in [0.5, 0.6) is 5.75 Å². The third kappa shape index (κ3) is 7.64. The number of ether oxygens (including phenoxy) is 2. The molecule has 33 heavy (non-hydrogen) atoms. The number of hydrogen-bond donors (Lipinski definition) is 1. The second-order valence-electron chi connectivity index (χ2n) is 7.68. The van der Waals surface area contributed by atoms with Gasteiger partial charge in [-0.05, 0) is 73.7 Å². The Morgan fingerprint density at radius 3 is 2.52 bits per heavy atom. The van der Waals surface area contributed by atoms with E-state index in [0.717, 1.165) is 18.4 Å². The first-order valence-corrected chi connectivity index (χ1v) is 11.3. The number of nitrogens with zero attached hydrogens (tertiary/aromatic N) is 1. The second kappa shape index (κ2) is 12.1. The van der Waals surface area contributed by atoms with Crippen molar-refractivity contribution >= 4 is 35.6 Å². The summed E-state index contributed by atoms with van der Waals surface area (Å²) in [5.41, 5.74) is 1.36. The third-order valence-electron chi connectivity index (χ3n) is 5.32. The first kappa shape index (κ1) is 24.3. The van der Waals surface area contributed by atoms with E-state index in [4.69, 9.17) is 21.1 Å². The minimum Gasteiger partial charge on any atom is -0.434 e. The van der Waals surface area contributed by atoms with Crippen LogP contribution in [0, 0.1) is 5.92 Å². The molecule has 1 saturated heterocycles. The van der Waals surface area contributed by atoms with Crippen LogP contribution in [0.4, 0.5) is 4.79 Å². The summed E-state index contributed by atoms with van der Waals surface area (Å²) in [6, 6.07) is 13.6. The molecule has 0 aromatic heterocycles. The maximum atomic E-state index is 12.4. The molecule has 1 aliphatic rings. The summed E-state index contributed by atoms with van der Waals surface area (Å²) < 4.78 is 9.70. The van der Waals surface area contributed by atoms with Gasteiger partial charge in [0, 0.05) is 36.3 Å². The van der Waals surface area contributed by atoms with Crippen molar-refractivity contribution in [1.29, 1.82) is 0 Å². The first-order valence-electron chi connectivity index (χ1n) is 10.9. The summed E-state index contributed by atoms with van der Waals surface area (Å²) in [7, 11) is 0. The Hall–Kier alpha value is -3.32. The summed E-state index contributed by atoms with van der Waals surface area (Å²) in [5, 5.41) is 3.58. The van der Waals surface area contributed by atoms with E-state index in [2.05, 4.69) is 5.32 Å². The fourth-order valence-corrected chi connectivity index (χ4v) is 3.70. The van der Waals surface area contributed by atoms with Crippen LogP contribution in [0.2, 0.25) is 5.02 Å². The van der Waals surface area contributed by atoms with Crippen LogP contribution in [0.1, 0.15) is 35.7 Å². The first-order chi connectivity index (χ1) is 15.9. The summed E-state index contributed by atoms with van der Waals surface area (Å²) in [6.45, 7) is 3.76. The van der Waals surface area contributed by atoms with E-state index in [-0.39, 0.29) is 18.4 Å². The number of amides is 2. The topological polar surface area (TPSA) is 84.9 Å².